The van der Waals surface area contributed by atoms with Crippen molar-refractivity contribution in [2.45, 2.75) is 69.2 Å². The lowest BCUT2D eigenvalue weighted by Crippen LogP contribution is -2.50. The number of esters is 1. The van der Waals surface area contributed by atoms with Crippen molar-refractivity contribution in [3.63, 3.8) is 0 Å². The van der Waals surface area contributed by atoms with E-state index in [2.05, 4.69) is 15.2 Å². The summed E-state index contributed by atoms with van der Waals surface area (Å²) in [6.07, 6.45) is 5.06. The van der Waals surface area contributed by atoms with Crippen molar-refractivity contribution in [2.24, 2.45) is 0 Å². The molecule has 2 aromatic carbocycles. The lowest BCUT2D eigenvalue weighted by Gasteiger charge is -2.38. The number of carbonyl (C=O) groups excluding carboxylic acids is 2. The quantitative estimate of drug-likeness (QED) is 0.294. The Hall–Kier alpha value is -3.14. The molecule has 2 aliphatic heterocycles. The van der Waals surface area contributed by atoms with Gasteiger partial charge in [0.2, 0.25) is 0 Å². The topological polar surface area (TPSA) is 93.9 Å². The number of nitrogens with zero attached hydrogens (tertiary/aromatic N) is 2. The van der Waals surface area contributed by atoms with Gasteiger partial charge in [-0.2, -0.15) is 0 Å². The summed E-state index contributed by atoms with van der Waals surface area (Å²) in [5.74, 6) is -0.193. The molecule has 2 amide bonds. The number of aromatic nitrogens is 1. The van der Waals surface area contributed by atoms with Gasteiger partial charge in [0, 0.05) is 29.1 Å². The molecule has 2 unspecified atom stereocenters. The van der Waals surface area contributed by atoms with Gasteiger partial charge >= 0.3 is 12.0 Å². The van der Waals surface area contributed by atoms with Crippen LogP contribution in [0.25, 0.3) is 11.3 Å². The lowest BCUT2D eigenvalue weighted by molar-refractivity contribution is -0.0158. The molecule has 3 aliphatic rings. The van der Waals surface area contributed by atoms with E-state index >= 15 is 0 Å². The van der Waals surface area contributed by atoms with Crippen LogP contribution in [-0.2, 0) is 16.1 Å². The Morgan fingerprint density at radius 2 is 1.80 bits per heavy atom. The average molecular weight is 588 g/mol. The van der Waals surface area contributed by atoms with E-state index in [0.717, 1.165) is 43.1 Å². The molecule has 2 bridgehead atoms. The number of ether oxygens (including phenoxy) is 2. The van der Waals surface area contributed by atoms with Gasteiger partial charge in [-0.15, -0.1) is 0 Å². The number of anilines is 1. The summed E-state index contributed by atoms with van der Waals surface area (Å²) >= 11 is 13.0. The van der Waals surface area contributed by atoms with E-state index in [0.29, 0.717) is 46.7 Å². The Balaban J connectivity index is 1.13. The fourth-order valence-corrected chi connectivity index (χ4v) is 6.46. The van der Waals surface area contributed by atoms with Crippen molar-refractivity contribution in [1.29, 1.82) is 0 Å². The van der Waals surface area contributed by atoms with Crippen LogP contribution in [-0.4, -0.2) is 47.4 Å². The number of methoxy groups -OCH3 is 1. The minimum atomic E-state index is -0.698. The van der Waals surface area contributed by atoms with Crippen LogP contribution in [0.5, 0.6) is 0 Å². The highest BCUT2D eigenvalue weighted by atomic mass is 35.5. The molecule has 3 fully saturated rings. The van der Waals surface area contributed by atoms with Gasteiger partial charge in [0.05, 0.1) is 41.1 Å². The average Bonchev–Trinajstić information content (AvgIpc) is 3.64. The van der Waals surface area contributed by atoms with Crippen LogP contribution in [0.15, 0.2) is 40.9 Å². The molecule has 3 heterocycles. The van der Waals surface area contributed by atoms with Crippen LogP contribution in [0.1, 0.15) is 66.1 Å². The predicted molar refractivity (Wildman–Crippen MR) is 147 cm³/mol. The summed E-state index contributed by atoms with van der Waals surface area (Å²) in [6, 6.07) is 8.78. The van der Waals surface area contributed by atoms with Crippen LogP contribution >= 0.6 is 23.2 Å². The zero-order valence-electron chi connectivity index (χ0n) is 21.8. The molecule has 3 atom stereocenters. The van der Waals surface area contributed by atoms with Gasteiger partial charge in [0.15, 0.2) is 0 Å². The number of benzene rings is 2. The minimum Gasteiger partial charge on any atom is -0.465 e. The maximum Gasteiger partial charge on any atom is 0.337 e. The van der Waals surface area contributed by atoms with Crippen LogP contribution in [0.4, 0.5) is 14.9 Å². The van der Waals surface area contributed by atoms with E-state index in [1.165, 1.54) is 19.2 Å². The smallest absolute Gasteiger partial charge is 0.337 e. The molecule has 2 saturated heterocycles. The molecule has 1 aliphatic carbocycles. The van der Waals surface area contributed by atoms with E-state index in [4.69, 9.17) is 32.5 Å². The van der Waals surface area contributed by atoms with Crippen LogP contribution in [0.3, 0.4) is 0 Å². The van der Waals surface area contributed by atoms with Crippen molar-refractivity contribution in [3.8, 4) is 11.3 Å². The number of piperidine rings is 1. The maximum atomic E-state index is 14.6. The van der Waals surface area contributed by atoms with Gasteiger partial charge in [-0.3, -0.25) is 0 Å². The molecule has 1 saturated carbocycles. The van der Waals surface area contributed by atoms with Gasteiger partial charge in [-0.05, 0) is 68.9 Å². The molecule has 6 rings (SSSR count). The first-order valence-electron chi connectivity index (χ1n) is 13.4. The number of urea groups is 1. The fourth-order valence-electron chi connectivity index (χ4n) is 5.89. The molecule has 1 aromatic heterocycles. The fraction of sp³-hybridized carbons (Fsp3) is 0.414. The molecular formula is C29H28Cl2FN3O5. The molecule has 11 heteroatoms. The Kier molecular flexibility index (Phi) is 7.46. The second-order valence-corrected chi connectivity index (χ2v) is 11.4. The SMILES string of the molecule is COC(=O)c1ccc(NC(=O)N2C3CC[C@H]2CC(OCc2c(-c4c(Cl)cccc4Cl)noc2C2CC2)C3)c(F)c1. The van der Waals surface area contributed by atoms with Gasteiger partial charge in [0.25, 0.3) is 0 Å². The number of nitrogens with one attached hydrogen (secondary N) is 1. The number of halogens is 3. The number of amides is 2. The van der Waals surface area contributed by atoms with Gasteiger partial charge < -0.3 is 24.2 Å². The lowest BCUT2D eigenvalue weighted by atomic mass is 9.99. The summed E-state index contributed by atoms with van der Waals surface area (Å²) in [4.78, 5) is 26.6. The Morgan fingerprint density at radius 3 is 2.42 bits per heavy atom. The second-order valence-electron chi connectivity index (χ2n) is 10.6. The van der Waals surface area contributed by atoms with Crippen molar-refractivity contribution < 1.29 is 28.0 Å². The van der Waals surface area contributed by atoms with Gasteiger partial charge in [-0.1, -0.05) is 34.4 Å². The van der Waals surface area contributed by atoms with Gasteiger partial charge in [0.1, 0.15) is 17.3 Å². The number of hydrogen-bond donors (Lipinski definition) is 1. The van der Waals surface area contributed by atoms with Crippen LogP contribution < -0.4 is 5.32 Å². The Labute approximate surface area is 240 Å². The number of carbonyl (C=O) groups is 2. The second kappa shape index (κ2) is 11.0. The summed E-state index contributed by atoms with van der Waals surface area (Å²) in [7, 11) is 1.23. The third-order valence-electron chi connectivity index (χ3n) is 7.99. The summed E-state index contributed by atoms with van der Waals surface area (Å²) in [6.45, 7) is 0.306. The summed E-state index contributed by atoms with van der Waals surface area (Å²) in [5, 5.41) is 8.00. The van der Waals surface area contributed by atoms with Crippen molar-refractivity contribution >= 4 is 40.9 Å². The molecule has 0 spiro atoms. The van der Waals surface area contributed by atoms with Gasteiger partial charge in [-0.25, -0.2) is 14.0 Å². The maximum absolute atomic E-state index is 14.6. The zero-order valence-corrected chi connectivity index (χ0v) is 23.3. The minimum absolute atomic E-state index is 0.0150. The van der Waals surface area contributed by atoms with Crippen LogP contribution in [0.2, 0.25) is 10.0 Å². The largest absolute Gasteiger partial charge is 0.465 e. The van der Waals surface area contributed by atoms with E-state index in [9.17, 15) is 14.0 Å². The van der Waals surface area contributed by atoms with E-state index in [1.54, 1.807) is 23.1 Å². The normalized spacial score (nSPS) is 21.9. The molecule has 210 valence electrons. The monoisotopic (exact) mass is 587 g/mol. The first kappa shape index (κ1) is 27.1. The third-order valence-corrected chi connectivity index (χ3v) is 8.62. The number of hydrogen-bond acceptors (Lipinski definition) is 6. The highest BCUT2D eigenvalue weighted by Crippen LogP contribution is 2.46. The summed E-state index contributed by atoms with van der Waals surface area (Å²) < 4.78 is 31.4. The summed E-state index contributed by atoms with van der Waals surface area (Å²) in [5.41, 5.74) is 2.21. The highest BCUT2D eigenvalue weighted by molar-refractivity contribution is 6.39. The van der Waals surface area contributed by atoms with Crippen LogP contribution in [0, 0.1) is 5.82 Å². The van der Waals surface area contributed by atoms with Crippen molar-refractivity contribution in [1.82, 2.24) is 10.1 Å². The molecule has 0 radical (unpaired) electrons. The Bertz CT molecular complexity index is 1430. The third kappa shape index (κ3) is 5.18. The van der Waals surface area contributed by atoms with Crippen molar-refractivity contribution in [2.75, 3.05) is 12.4 Å². The number of fused-ring (bicyclic) bond motifs is 2. The highest BCUT2D eigenvalue weighted by Gasteiger charge is 2.44. The standard InChI is InChI=1S/C29H28Cl2FN3O5/c1-38-28(36)16-7-10-24(23(32)11-16)33-29(37)35-17-8-9-18(35)13-19(12-17)39-14-20-26(34-40-27(20)15-5-6-15)25-21(30)3-2-4-22(25)31/h2-4,7,10-11,15,17-19H,5-6,8-9,12-14H2,1H3,(H,33,37)/t17-,18?,19?/m0/s1. The predicted octanol–water partition coefficient (Wildman–Crippen LogP) is 7.20. The molecule has 1 N–H and O–H groups in total. The van der Waals surface area contributed by atoms with E-state index < -0.39 is 11.8 Å². The first-order chi connectivity index (χ1) is 19.3. The molecule has 3 aromatic rings. The molecule has 8 nitrogen and oxygen atoms in total. The molecule has 40 heavy (non-hydrogen) atoms. The number of rotatable bonds is 7. The van der Waals surface area contributed by atoms with E-state index in [-0.39, 0.29) is 35.5 Å². The van der Waals surface area contributed by atoms with Crippen molar-refractivity contribution in [3.05, 3.63) is 69.1 Å². The zero-order chi connectivity index (χ0) is 28.0. The first-order valence-corrected chi connectivity index (χ1v) is 14.1. The Morgan fingerprint density at radius 1 is 1.10 bits per heavy atom. The molecular weight excluding hydrogens is 560 g/mol. The van der Waals surface area contributed by atoms with E-state index in [1.807, 2.05) is 0 Å².